The Morgan fingerprint density at radius 2 is 1.06 bits per heavy atom. The van der Waals surface area contributed by atoms with Gasteiger partial charge in [0.25, 0.3) is 17.7 Å². The van der Waals surface area contributed by atoms with Gasteiger partial charge in [-0.05, 0) is 72.8 Å². The Morgan fingerprint density at radius 3 is 1.52 bits per heavy atom. The molecule has 4 aromatic rings. The van der Waals surface area contributed by atoms with E-state index in [1.54, 1.807) is 0 Å². The van der Waals surface area contributed by atoms with Crippen LogP contribution in [0.5, 0.6) is 28.7 Å². The van der Waals surface area contributed by atoms with Gasteiger partial charge in [0, 0.05) is 16.8 Å². The Kier molecular flexibility index (Phi) is 13.4. The van der Waals surface area contributed by atoms with Gasteiger partial charge in [-0.2, -0.15) is 0 Å². The molecule has 0 unspecified atom stereocenters. The number of hydrazine groups is 1. The molecule has 0 heterocycles. The zero-order valence-corrected chi connectivity index (χ0v) is 29.5. The summed E-state index contributed by atoms with van der Waals surface area (Å²) in [6.07, 6.45) is -4.70. The molecule has 0 radical (unpaired) electrons. The van der Waals surface area contributed by atoms with E-state index < -0.39 is 47.8 Å². The van der Waals surface area contributed by atoms with Crippen LogP contribution in [0.2, 0.25) is 0 Å². The summed E-state index contributed by atoms with van der Waals surface area (Å²) in [5, 5.41) is 12.7. The van der Waals surface area contributed by atoms with E-state index in [2.05, 4.69) is 10.7 Å². The molecular formula is C37H35N3O14. The van der Waals surface area contributed by atoms with E-state index in [4.69, 9.17) is 33.2 Å². The fourth-order valence-corrected chi connectivity index (χ4v) is 4.74. The second kappa shape index (κ2) is 18.3. The third-order valence-corrected chi connectivity index (χ3v) is 7.49. The molecule has 54 heavy (non-hydrogen) atoms. The van der Waals surface area contributed by atoms with Crippen molar-refractivity contribution in [2.75, 3.05) is 40.9 Å². The molecule has 17 heteroatoms. The number of nitrogens with one attached hydrogen (secondary N) is 3. The summed E-state index contributed by atoms with van der Waals surface area (Å²) < 4.78 is 36.4. The number of methoxy groups -OCH3 is 5. The summed E-state index contributed by atoms with van der Waals surface area (Å²) in [5.41, 5.74) is 4.32. The molecule has 0 aliphatic rings. The van der Waals surface area contributed by atoms with Gasteiger partial charge in [-0.15, -0.1) is 0 Å². The van der Waals surface area contributed by atoms with Gasteiger partial charge >= 0.3 is 17.9 Å². The van der Waals surface area contributed by atoms with E-state index in [0.29, 0.717) is 11.4 Å². The van der Waals surface area contributed by atoms with E-state index in [1.807, 2.05) is 5.43 Å². The van der Waals surface area contributed by atoms with Crippen LogP contribution in [0, 0.1) is 0 Å². The van der Waals surface area contributed by atoms with Crippen LogP contribution in [0.15, 0.2) is 84.9 Å². The standard InChI is InChI=1S/C37H35N3O14/c1-48-25-10-6-8-21(16-25)36(46)53-30(31(35(44)45)54-37(47)22-9-7-11-26(17-22)49-2)34(43)40-39-33(42)20-12-14-24(15-13-20)38-32(41)23-18-27(50-3)29(52-5)28(19-23)51-4/h6-19,30-31H,1-5H3,(H,38,41)(H,39,42)(H,40,43)(H,44,45)/t30-,31-/m1/s1. The van der Waals surface area contributed by atoms with Crippen LogP contribution in [-0.2, 0) is 19.1 Å². The summed E-state index contributed by atoms with van der Waals surface area (Å²) in [4.78, 5) is 77.8. The highest BCUT2D eigenvalue weighted by Crippen LogP contribution is 2.38. The van der Waals surface area contributed by atoms with Gasteiger partial charge in [-0.3, -0.25) is 25.2 Å². The molecule has 4 N–H and O–H groups in total. The first-order valence-corrected chi connectivity index (χ1v) is 15.7. The quantitative estimate of drug-likeness (QED) is 0.101. The van der Waals surface area contributed by atoms with Crippen LogP contribution in [0.3, 0.4) is 0 Å². The van der Waals surface area contributed by atoms with Crippen LogP contribution >= 0.6 is 0 Å². The lowest BCUT2D eigenvalue weighted by atomic mass is 10.1. The summed E-state index contributed by atoms with van der Waals surface area (Å²) >= 11 is 0. The number of hydrogen-bond acceptors (Lipinski definition) is 13. The average molecular weight is 746 g/mol. The number of aliphatic carboxylic acids is 1. The van der Waals surface area contributed by atoms with Crippen LogP contribution in [0.25, 0.3) is 0 Å². The Morgan fingerprint density at radius 1 is 0.537 bits per heavy atom. The summed E-state index contributed by atoms with van der Waals surface area (Å²) in [6.45, 7) is 0. The summed E-state index contributed by atoms with van der Waals surface area (Å²) in [5.74, 6) is -5.65. The maximum Gasteiger partial charge on any atom is 0.349 e. The Labute approximate surface area is 308 Å². The van der Waals surface area contributed by atoms with E-state index in [9.17, 15) is 33.9 Å². The number of benzene rings is 4. The minimum Gasteiger partial charge on any atom is -0.497 e. The van der Waals surface area contributed by atoms with Crippen molar-refractivity contribution in [2.45, 2.75) is 12.2 Å². The van der Waals surface area contributed by atoms with E-state index >= 15 is 0 Å². The van der Waals surface area contributed by atoms with Crippen LogP contribution < -0.4 is 39.9 Å². The maximum absolute atomic E-state index is 13.4. The number of hydrogen-bond donors (Lipinski definition) is 4. The molecular weight excluding hydrogens is 710 g/mol. The molecule has 0 fully saturated rings. The fourth-order valence-electron chi connectivity index (χ4n) is 4.74. The number of carboxylic acids is 1. The van der Waals surface area contributed by atoms with Crippen LogP contribution in [-0.4, -0.2) is 88.5 Å². The second-order valence-electron chi connectivity index (χ2n) is 10.8. The van der Waals surface area contributed by atoms with Crippen LogP contribution in [0.4, 0.5) is 5.69 Å². The number of amides is 3. The van der Waals surface area contributed by atoms with Crippen molar-refractivity contribution < 1.29 is 67.0 Å². The van der Waals surface area contributed by atoms with Gasteiger partial charge in [-0.25, -0.2) is 14.4 Å². The maximum atomic E-state index is 13.4. The molecule has 0 aliphatic carbocycles. The monoisotopic (exact) mass is 745 g/mol. The molecule has 4 rings (SSSR count). The van der Waals surface area contributed by atoms with Gasteiger partial charge in [0.2, 0.25) is 18.0 Å². The van der Waals surface area contributed by atoms with E-state index in [0.717, 1.165) is 0 Å². The number of anilines is 1. The van der Waals surface area contributed by atoms with E-state index in [-0.39, 0.29) is 45.3 Å². The highest BCUT2D eigenvalue weighted by molar-refractivity contribution is 6.05. The molecule has 282 valence electrons. The van der Waals surface area contributed by atoms with Crippen molar-refractivity contribution in [3.8, 4) is 28.7 Å². The number of esters is 2. The molecule has 0 saturated heterocycles. The number of ether oxygens (including phenoxy) is 7. The lowest BCUT2D eigenvalue weighted by Gasteiger charge is -2.23. The lowest BCUT2D eigenvalue weighted by Crippen LogP contribution is -2.54. The Balaban J connectivity index is 1.50. The molecule has 0 spiro atoms. The second-order valence-corrected chi connectivity index (χ2v) is 10.8. The van der Waals surface area contributed by atoms with Gasteiger partial charge in [0.15, 0.2) is 11.5 Å². The molecule has 3 amide bonds. The molecule has 4 aromatic carbocycles. The van der Waals surface area contributed by atoms with Crippen molar-refractivity contribution in [3.63, 3.8) is 0 Å². The number of rotatable bonds is 15. The predicted molar refractivity (Wildman–Crippen MR) is 188 cm³/mol. The first-order chi connectivity index (χ1) is 25.9. The molecule has 0 saturated carbocycles. The highest BCUT2D eigenvalue weighted by Gasteiger charge is 2.41. The predicted octanol–water partition coefficient (Wildman–Crippen LogP) is 3.28. The minimum atomic E-state index is -2.39. The van der Waals surface area contributed by atoms with Crippen molar-refractivity contribution in [3.05, 3.63) is 107 Å². The molecule has 0 bridgehead atoms. The van der Waals surface area contributed by atoms with Crippen LogP contribution in [0.1, 0.15) is 41.4 Å². The average Bonchev–Trinajstić information content (AvgIpc) is 3.20. The number of carboxylic acid groups (broad SMARTS) is 1. The lowest BCUT2D eigenvalue weighted by molar-refractivity contribution is -0.159. The van der Waals surface area contributed by atoms with Crippen molar-refractivity contribution in [1.29, 1.82) is 0 Å². The number of carbonyl (C=O) groups excluding carboxylic acids is 5. The molecule has 17 nitrogen and oxygen atoms in total. The van der Waals surface area contributed by atoms with E-state index in [1.165, 1.54) is 120 Å². The smallest absolute Gasteiger partial charge is 0.349 e. The highest BCUT2D eigenvalue weighted by atomic mass is 16.6. The first kappa shape index (κ1) is 39.5. The van der Waals surface area contributed by atoms with Gasteiger partial charge < -0.3 is 43.6 Å². The third kappa shape index (κ3) is 9.72. The molecule has 2 atom stereocenters. The van der Waals surface area contributed by atoms with Gasteiger partial charge in [-0.1, -0.05) is 12.1 Å². The molecule has 0 aliphatic heterocycles. The largest absolute Gasteiger partial charge is 0.497 e. The zero-order valence-electron chi connectivity index (χ0n) is 29.5. The summed E-state index contributed by atoms with van der Waals surface area (Å²) in [6, 6.07) is 19.5. The van der Waals surface area contributed by atoms with Crippen molar-refractivity contribution in [2.24, 2.45) is 0 Å². The van der Waals surface area contributed by atoms with Crippen molar-refractivity contribution in [1.82, 2.24) is 10.9 Å². The SMILES string of the molecule is COc1cccc(C(=O)O[C@@H](C(=O)O)[C@@H](OC(=O)c2cccc(OC)c2)C(=O)NNC(=O)c2ccc(NC(=O)c3cc(OC)c(OC)c(OC)c3)cc2)c1. The minimum absolute atomic E-state index is 0.00903. The number of carbonyl (C=O) groups is 6. The topological polar surface area (TPSA) is 223 Å². The Hall–Kier alpha value is -7.30. The first-order valence-electron chi connectivity index (χ1n) is 15.7. The van der Waals surface area contributed by atoms with Gasteiger partial charge in [0.05, 0.1) is 46.7 Å². The van der Waals surface area contributed by atoms with Crippen molar-refractivity contribution >= 4 is 41.3 Å². The van der Waals surface area contributed by atoms with Gasteiger partial charge in [0.1, 0.15) is 11.5 Å². The zero-order chi connectivity index (χ0) is 39.4. The third-order valence-electron chi connectivity index (χ3n) is 7.49. The fraction of sp³-hybridized carbons (Fsp3) is 0.189. The molecule has 0 aromatic heterocycles. The summed E-state index contributed by atoms with van der Waals surface area (Å²) in [7, 11) is 6.94. The normalized spacial score (nSPS) is 11.4. The Bertz CT molecular complexity index is 2010.